The monoisotopic (exact) mass is 287 g/mol. The summed E-state index contributed by atoms with van der Waals surface area (Å²) in [5, 5.41) is 0. The number of nitrogens with zero attached hydrogens (tertiary/aromatic N) is 5. The molecule has 6 nitrogen and oxygen atoms in total. The Balaban J connectivity index is 1.67. The lowest BCUT2D eigenvalue weighted by Gasteiger charge is -2.31. The van der Waals surface area contributed by atoms with Gasteiger partial charge in [0.2, 0.25) is 11.8 Å². The number of aryl methyl sites for hydroxylation is 1. The van der Waals surface area contributed by atoms with Crippen LogP contribution in [0.5, 0.6) is 5.88 Å². The van der Waals surface area contributed by atoms with E-state index >= 15 is 0 Å². The molecule has 112 valence electrons. The SMILES string of the molecule is CCn1ccnc1C1CCN(c2nccc(OC)n2)CC1. The van der Waals surface area contributed by atoms with E-state index in [1.165, 1.54) is 5.82 Å². The molecule has 0 amide bonds. The topological polar surface area (TPSA) is 56.1 Å². The van der Waals surface area contributed by atoms with Crippen molar-refractivity contribution in [2.24, 2.45) is 0 Å². The Morgan fingerprint density at radius 1 is 1.24 bits per heavy atom. The highest BCUT2D eigenvalue weighted by Gasteiger charge is 2.25. The van der Waals surface area contributed by atoms with Gasteiger partial charge in [-0.2, -0.15) is 4.98 Å². The molecule has 0 aliphatic carbocycles. The van der Waals surface area contributed by atoms with E-state index in [0.717, 1.165) is 38.4 Å². The fraction of sp³-hybridized carbons (Fsp3) is 0.533. The van der Waals surface area contributed by atoms with Crippen LogP contribution in [-0.4, -0.2) is 39.7 Å². The summed E-state index contributed by atoms with van der Waals surface area (Å²) in [4.78, 5) is 15.5. The summed E-state index contributed by atoms with van der Waals surface area (Å²) >= 11 is 0. The van der Waals surface area contributed by atoms with Crippen molar-refractivity contribution in [2.75, 3.05) is 25.1 Å². The minimum Gasteiger partial charge on any atom is -0.481 e. The van der Waals surface area contributed by atoms with Crippen molar-refractivity contribution < 1.29 is 4.74 Å². The third kappa shape index (κ3) is 2.84. The van der Waals surface area contributed by atoms with Crippen LogP contribution in [0.4, 0.5) is 5.95 Å². The van der Waals surface area contributed by atoms with Crippen molar-refractivity contribution in [1.29, 1.82) is 0 Å². The summed E-state index contributed by atoms with van der Waals surface area (Å²) in [6.07, 6.45) is 7.87. The van der Waals surface area contributed by atoms with Crippen molar-refractivity contribution in [1.82, 2.24) is 19.5 Å². The molecule has 0 N–H and O–H groups in total. The van der Waals surface area contributed by atoms with Crippen LogP contribution in [0.15, 0.2) is 24.7 Å². The van der Waals surface area contributed by atoms with Gasteiger partial charge < -0.3 is 14.2 Å². The average molecular weight is 287 g/mol. The second-order valence-electron chi connectivity index (χ2n) is 5.23. The molecule has 2 aromatic rings. The minimum atomic E-state index is 0.529. The lowest BCUT2D eigenvalue weighted by molar-refractivity contribution is 0.395. The maximum atomic E-state index is 5.16. The third-order valence-electron chi connectivity index (χ3n) is 4.06. The van der Waals surface area contributed by atoms with E-state index in [9.17, 15) is 0 Å². The van der Waals surface area contributed by atoms with E-state index in [1.54, 1.807) is 19.4 Å². The van der Waals surface area contributed by atoms with Crippen molar-refractivity contribution >= 4 is 5.95 Å². The predicted molar refractivity (Wildman–Crippen MR) is 80.7 cm³/mol. The second kappa shape index (κ2) is 6.11. The number of ether oxygens (including phenoxy) is 1. The molecule has 21 heavy (non-hydrogen) atoms. The molecule has 0 spiro atoms. The number of hydrogen-bond donors (Lipinski definition) is 0. The van der Waals surface area contributed by atoms with Gasteiger partial charge in [-0.25, -0.2) is 9.97 Å². The van der Waals surface area contributed by atoms with Crippen LogP contribution in [0.2, 0.25) is 0 Å². The molecule has 0 atom stereocenters. The van der Waals surface area contributed by atoms with Crippen molar-refractivity contribution in [3.05, 3.63) is 30.5 Å². The highest BCUT2D eigenvalue weighted by atomic mass is 16.5. The van der Waals surface area contributed by atoms with Crippen LogP contribution in [0.1, 0.15) is 31.5 Å². The number of imidazole rings is 1. The lowest BCUT2D eigenvalue weighted by atomic mass is 9.96. The first kappa shape index (κ1) is 13.9. The summed E-state index contributed by atoms with van der Waals surface area (Å²) < 4.78 is 7.40. The molecule has 1 aliphatic heterocycles. The first-order valence-corrected chi connectivity index (χ1v) is 7.44. The number of piperidine rings is 1. The summed E-state index contributed by atoms with van der Waals surface area (Å²) in [5.74, 6) is 3.11. The predicted octanol–water partition coefficient (Wildman–Crippen LogP) is 2.09. The summed E-state index contributed by atoms with van der Waals surface area (Å²) in [6.45, 7) is 5.04. The lowest BCUT2D eigenvalue weighted by Crippen LogP contribution is -2.34. The van der Waals surface area contributed by atoms with Crippen LogP contribution in [-0.2, 0) is 6.54 Å². The standard InChI is InChI=1S/C15H21N5O/c1-3-19-11-8-16-14(19)12-5-9-20(10-6-12)15-17-7-4-13(18-15)21-2/h4,7-8,11-12H,3,5-6,9-10H2,1-2H3. The van der Waals surface area contributed by atoms with Gasteiger partial charge in [0.05, 0.1) is 7.11 Å². The molecular formula is C15H21N5O. The fourth-order valence-corrected chi connectivity index (χ4v) is 2.88. The zero-order valence-electron chi connectivity index (χ0n) is 12.6. The second-order valence-corrected chi connectivity index (χ2v) is 5.23. The number of methoxy groups -OCH3 is 1. The van der Waals surface area contributed by atoms with Crippen LogP contribution in [0.3, 0.4) is 0 Å². The molecule has 1 saturated heterocycles. The maximum absolute atomic E-state index is 5.16. The normalized spacial score (nSPS) is 16.2. The van der Waals surface area contributed by atoms with E-state index in [1.807, 2.05) is 6.20 Å². The van der Waals surface area contributed by atoms with Gasteiger partial charge in [0.25, 0.3) is 0 Å². The smallest absolute Gasteiger partial charge is 0.228 e. The van der Waals surface area contributed by atoms with Gasteiger partial charge in [-0.15, -0.1) is 0 Å². The molecule has 0 aromatic carbocycles. The van der Waals surface area contributed by atoms with Gasteiger partial charge in [-0.05, 0) is 19.8 Å². The Kier molecular flexibility index (Phi) is 4.03. The Labute approximate surface area is 124 Å². The molecule has 2 aromatic heterocycles. The first-order valence-electron chi connectivity index (χ1n) is 7.44. The van der Waals surface area contributed by atoms with Gasteiger partial charge in [0, 0.05) is 50.2 Å². The van der Waals surface area contributed by atoms with Gasteiger partial charge in [-0.1, -0.05) is 0 Å². The molecule has 1 aliphatic rings. The summed E-state index contributed by atoms with van der Waals surface area (Å²) in [5.41, 5.74) is 0. The Morgan fingerprint density at radius 2 is 2.05 bits per heavy atom. The number of hydrogen-bond acceptors (Lipinski definition) is 5. The highest BCUT2D eigenvalue weighted by molar-refractivity contribution is 5.33. The quantitative estimate of drug-likeness (QED) is 0.862. The van der Waals surface area contributed by atoms with E-state index in [4.69, 9.17) is 4.74 Å². The molecule has 0 radical (unpaired) electrons. The fourth-order valence-electron chi connectivity index (χ4n) is 2.88. The molecule has 0 unspecified atom stereocenters. The largest absolute Gasteiger partial charge is 0.481 e. The molecule has 3 heterocycles. The molecule has 0 saturated carbocycles. The van der Waals surface area contributed by atoms with Gasteiger partial charge in [0.15, 0.2) is 0 Å². The van der Waals surface area contributed by atoms with Crippen molar-refractivity contribution in [2.45, 2.75) is 32.2 Å². The van der Waals surface area contributed by atoms with Gasteiger partial charge >= 0.3 is 0 Å². The summed E-state index contributed by atoms with van der Waals surface area (Å²) in [6, 6.07) is 1.77. The molecule has 0 bridgehead atoms. The molecule has 6 heteroatoms. The first-order chi connectivity index (χ1) is 10.3. The minimum absolute atomic E-state index is 0.529. The highest BCUT2D eigenvalue weighted by Crippen LogP contribution is 2.28. The molecule has 3 rings (SSSR count). The Bertz CT molecular complexity index is 589. The van der Waals surface area contributed by atoms with Crippen LogP contribution < -0.4 is 9.64 Å². The molecule has 1 fully saturated rings. The van der Waals surface area contributed by atoms with E-state index in [-0.39, 0.29) is 0 Å². The maximum Gasteiger partial charge on any atom is 0.228 e. The van der Waals surface area contributed by atoms with E-state index in [2.05, 4.69) is 37.5 Å². The number of rotatable bonds is 4. The summed E-state index contributed by atoms with van der Waals surface area (Å²) in [7, 11) is 1.63. The average Bonchev–Trinajstić information content (AvgIpc) is 3.03. The van der Waals surface area contributed by atoms with E-state index in [0.29, 0.717) is 11.8 Å². The van der Waals surface area contributed by atoms with Crippen molar-refractivity contribution in [3.63, 3.8) is 0 Å². The Morgan fingerprint density at radius 3 is 2.76 bits per heavy atom. The van der Waals surface area contributed by atoms with Crippen LogP contribution in [0, 0.1) is 0 Å². The van der Waals surface area contributed by atoms with Crippen LogP contribution >= 0.6 is 0 Å². The van der Waals surface area contributed by atoms with Gasteiger partial charge in [0.1, 0.15) is 5.82 Å². The van der Waals surface area contributed by atoms with E-state index < -0.39 is 0 Å². The zero-order valence-corrected chi connectivity index (χ0v) is 12.6. The van der Waals surface area contributed by atoms with Crippen molar-refractivity contribution in [3.8, 4) is 5.88 Å². The van der Waals surface area contributed by atoms with Crippen LogP contribution in [0.25, 0.3) is 0 Å². The third-order valence-corrected chi connectivity index (χ3v) is 4.06. The Hall–Kier alpha value is -2.11. The van der Waals surface area contributed by atoms with Gasteiger partial charge in [-0.3, -0.25) is 0 Å². The molecular weight excluding hydrogens is 266 g/mol. The zero-order chi connectivity index (χ0) is 14.7. The number of anilines is 1. The number of aromatic nitrogens is 4.